The van der Waals surface area contributed by atoms with Crippen molar-refractivity contribution in [1.82, 2.24) is 9.97 Å². The van der Waals surface area contributed by atoms with Crippen LogP contribution in [0, 0.1) is 6.07 Å². The zero-order valence-electron chi connectivity index (χ0n) is 22.5. The molecule has 4 aromatic carbocycles. The fourth-order valence-corrected chi connectivity index (χ4v) is 6.09. The summed E-state index contributed by atoms with van der Waals surface area (Å²) < 4.78 is 0. The van der Waals surface area contributed by atoms with Gasteiger partial charge in [-0.2, -0.15) is 0 Å². The Bertz CT molecular complexity index is 1970. The van der Waals surface area contributed by atoms with Gasteiger partial charge in [0.25, 0.3) is 0 Å². The van der Waals surface area contributed by atoms with Crippen LogP contribution in [0.15, 0.2) is 109 Å². The Morgan fingerprint density at radius 2 is 1.41 bits per heavy atom. The topological polar surface area (TPSA) is 63.1 Å². The molecule has 1 radical (unpaired) electrons. The molecule has 5 heteroatoms. The number of aromatic nitrogens is 2. The smallest absolute Gasteiger partial charge is 0.354 e. The Morgan fingerprint density at radius 1 is 0.732 bits per heavy atom. The first-order valence-corrected chi connectivity index (χ1v) is 13.3. The minimum absolute atomic E-state index is 0. The van der Waals surface area contributed by atoms with Gasteiger partial charge in [-0.3, -0.25) is 4.98 Å². The van der Waals surface area contributed by atoms with Crippen LogP contribution in [0.2, 0.25) is 0 Å². The van der Waals surface area contributed by atoms with Crippen molar-refractivity contribution >= 4 is 16.9 Å². The average Bonchev–Trinajstić information content (AvgIpc) is 3.44. The molecule has 2 heterocycles. The van der Waals surface area contributed by atoms with E-state index in [-0.39, 0.29) is 31.2 Å². The SMILES string of the molecule is CC1(C)c2c[c-]c(-c3cc4c5c(cccc5n3)-c3ccccc3-4)cc2-c2ccccc21.O=C(O)c1ccccn1.[Ir]. The molecule has 0 fully saturated rings. The van der Waals surface area contributed by atoms with Crippen molar-refractivity contribution < 1.29 is 30.0 Å². The number of nitrogens with zero attached hydrogens (tertiary/aromatic N) is 2. The number of fused-ring (bicyclic) bond motifs is 6. The standard InChI is InChI=1S/C30H20N.C6H5NO2.Ir/c1-30(2)25-12-6-5-10-21(25)23-16-18(14-15-26(23)30)28-17-24-20-9-4-3-8-19(20)22-11-7-13-27(31-28)29(22)24;8-6(9)5-3-1-2-4-7-5;/h3-13,15-17H,1-2H3;1-4H,(H,8,9);/q-1;;. The van der Waals surface area contributed by atoms with Crippen molar-refractivity contribution in [3.8, 4) is 44.6 Å². The van der Waals surface area contributed by atoms with Crippen LogP contribution >= 0.6 is 0 Å². The quantitative estimate of drug-likeness (QED) is 0.183. The molecule has 0 saturated heterocycles. The first-order chi connectivity index (χ1) is 19.4. The molecule has 0 spiro atoms. The summed E-state index contributed by atoms with van der Waals surface area (Å²) in [4.78, 5) is 18.8. The average molecular weight is 710 g/mol. The molecule has 0 saturated carbocycles. The molecule has 0 atom stereocenters. The second-order valence-electron chi connectivity index (χ2n) is 10.7. The zero-order chi connectivity index (χ0) is 27.4. The summed E-state index contributed by atoms with van der Waals surface area (Å²) >= 11 is 0. The fraction of sp³-hybridized carbons (Fsp3) is 0.0833. The number of carbonyl (C=O) groups is 1. The maximum Gasteiger partial charge on any atom is 0.354 e. The minimum atomic E-state index is -0.990. The first-order valence-electron chi connectivity index (χ1n) is 13.3. The van der Waals surface area contributed by atoms with E-state index in [4.69, 9.17) is 10.1 Å². The molecule has 6 aromatic rings. The molecule has 2 aromatic heterocycles. The largest absolute Gasteiger partial charge is 0.477 e. The van der Waals surface area contributed by atoms with Crippen molar-refractivity contribution in [1.29, 1.82) is 0 Å². The number of carboxylic acid groups (broad SMARTS) is 1. The van der Waals surface area contributed by atoms with Crippen LogP contribution in [0.25, 0.3) is 55.5 Å². The first kappa shape index (κ1) is 26.8. The van der Waals surface area contributed by atoms with Gasteiger partial charge in [0, 0.05) is 31.7 Å². The van der Waals surface area contributed by atoms with E-state index in [1.807, 2.05) is 0 Å². The van der Waals surface area contributed by atoms with E-state index in [1.54, 1.807) is 12.1 Å². The molecule has 2 aliphatic carbocycles. The third kappa shape index (κ3) is 4.30. The number of aromatic carboxylic acids is 1. The third-order valence-corrected chi connectivity index (χ3v) is 8.02. The van der Waals surface area contributed by atoms with Crippen LogP contribution in [0.5, 0.6) is 0 Å². The summed E-state index contributed by atoms with van der Waals surface area (Å²) in [6, 6.07) is 38.9. The van der Waals surface area contributed by atoms with E-state index in [0.717, 1.165) is 16.8 Å². The summed E-state index contributed by atoms with van der Waals surface area (Å²) in [5.74, 6) is -0.990. The Balaban J connectivity index is 0.000000262. The minimum Gasteiger partial charge on any atom is -0.477 e. The van der Waals surface area contributed by atoms with Crippen LogP contribution in [0.4, 0.5) is 0 Å². The normalized spacial score (nSPS) is 12.8. The third-order valence-electron chi connectivity index (χ3n) is 8.02. The van der Waals surface area contributed by atoms with Crippen molar-refractivity contribution in [2.45, 2.75) is 19.3 Å². The van der Waals surface area contributed by atoms with Gasteiger partial charge in [-0.25, -0.2) is 9.78 Å². The van der Waals surface area contributed by atoms with Crippen LogP contribution in [-0.4, -0.2) is 21.0 Å². The molecule has 8 rings (SSSR count). The van der Waals surface area contributed by atoms with Crippen molar-refractivity contribution in [2.75, 3.05) is 0 Å². The molecular formula is C36H25IrN2O2-. The summed E-state index contributed by atoms with van der Waals surface area (Å²) in [5, 5.41) is 9.59. The Labute approximate surface area is 252 Å². The molecular weight excluding hydrogens is 685 g/mol. The van der Waals surface area contributed by atoms with Gasteiger partial charge in [-0.05, 0) is 62.7 Å². The molecule has 201 valence electrons. The fourth-order valence-electron chi connectivity index (χ4n) is 6.09. The van der Waals surface area contributed by atoms with E-state index in [1.165, 1.54) is 62.2 Å². The maximum atomic E-state index is 10.1. The Morgan fingerprint density at radius 3 is 2.12 bits per heavy atom. The second kappa shape index (κ2) is 10.2. The number of hydrogen-bond acceptors (Lipinski definition) is 3. The summed E-state index contributed by atoms with van der Waals surface area (Å²) in [6.07, 6.45) is 1.45. The summed E-state index contributed by atoms with van der Waals surface area (Å²) in [6.45, 7) is 4.61. The number of hydrogen-bond donors (Lipinski definition) is 1. The van der Waals surface area contributed by atoms with Crippen LogP contribution in [0.3, 0.4) is 0 Å². The monoisotopic (exact) mass is 710 g/mol. The van der Waals surface area contributed by atoms with Gasteiger partial charge in [0.05, 0.1) is 5.52 Å². The number of pyridine rings is 2. The van der Waals surface area contributed by atoms with Crippen molar-refractivity contribution in [2.24, 2.45) is 0 Å². The van der Waals surface area contributed by atoms with Gasteiger partial charge in [0.2, 0.25) is 0 Å². The van der Waals surface area contributed by atoms with Crippen LogP contribution < -0.4 is 0 Å². The molecule has 0 unspecified atom stereocenters. The second-order valence-corrected chi connectivity index (χ2v) is 10.7. The zero-order valence-corrected chi connectivity index (χ0v) is 24.9. The van der Waals surface area contributed by atoms with Crippen molar-refractivity contribution in [3.63, 3.8) is 0 Å². The van der Waals surface area contributed by atoms with Gasteiger partial charge in [0.15, 0.2) is 0 Å². The van der Waals surface area contributed by atoms with Gasteiger partial charge in [0.1, 0.15) is 5.69 Å². The molecule has 0 amide bonds. The molecule has 0 aliphatic heterocycles. The Kier molecular flexibility index (Phi) is 6.65. The summed E-state index contributed by atoms with van der Waals surface area (Å²) in [7, 11) is 0. The van der Waals surface area contributed by atoms with Crippen LogP contribution in [0.1, 0.15) is 35.5 Å². The van der Waals surface area contributed by atoms with E-state index >= 15 is 0 Å². The predicted octanol–water partition coefficient (Wildman–Crippen LogP) is 8.43. The molecule has 1 N–H and O–H groups in total. The maximum absolute atomic E-state index is 10.1. The Hall–Kier alpha value is -4.44. The molecule has 0 bridgehead atoms. The van der Waals surface area contributed by atoms with Gasteiger partial charge in [-0.1, -0.05) is 92.2 Å². The summed E-state index contributed by atoms with van der Waals surface area (Å²) in [5.41, 5.74) is 13.7. The predicted molar refractivity (Wildman–Crippen MR) is 159 cm³/mol. The molecule has 41 heavy (non-hydrogen) atoms. The van der Waals surface area contributed by atoms with Gasteiger partial charge in [-0.15, -0.1) is 29.3 Å². The molecule has 4 nitrogen and oxygen atoms in total. The van der Waals surface area contributed by atoms with Gasteiger partial charge < -0.3 is 5.11 Å². The number of carboxylic acids is 1. The van der Waals surface area contributed by atoms with Gasteiger partial charge >= 0.3 is 5.97 Å². The number of benzene rings is 4. The van der Waals surface area contributed by atoms with E-state index < -0.39 is 5.97 Å². The van der Waals surface area contributed by atoms with E-state index in [0.29, 0.717) is 0 Å². The molecule has 2 aliphatic rings. The van der Waals surface area contributed by atoms with Crippen molar-refractivity contribution in [3.05, 3.63) is 132 Å². The van der Waals surface area contributed by atoms with E-state index in [9.17, 15) is 4.79 Å². The number of rotatable bonds is 2. The van der Waals surface area contributed by atoms with E-state index in [2.05, 4.69) is 110 Å². The van der Waals surface area contributed by atoms with Crippen LogP contribution in [-0.2, 0) is 25.5 Å².